The highest BCUT2D eigenvalue weighted by molar-refractivity contribution is 5.93. The molecule has 1 aliphatic heterocycles. The van der Waals surface area contributed by atoms with Crippen LogP contribution in [0.2, 0.25) is 0 Å². The van der Waals surface area contributed by atoms with Crippen molar-refractivity contribution in [1.82, 2.24) is 4.90 Å². The number of rotatable bonds is 1. The van der Waals surface area contributed by atoms with Gasteiger partial charge in [-0.1, -0.05) is 5.92 Å². The van der Waals surface area contributed by atoms with Gasteiger partial charge in [0.1, 0.15) is 0 Å². The lowest BCUT2D eigenvalue weighted by molar-refractivity contribution is -0.126. The predicted molar refractivity (Wildman–Crippen MR) is 51.8 cm³/mol. The molecular formula is C10H16N2O. The number of carbonyl (C=O) groups is 1. The second-order valence-electron chi connectivity index (χ2n) is 3.35. The third kappa shape index (κ3) is 2.74. The molecule has 0 saturated carbocycles. The number of hydrogen-bond acceptors (Lipinski definition) is 2. The first-order valence-corrected chi connectivity index (χ1v) is 4.69. The molecule has 2 N–H and O–H groups in total. The summed E-state index contributed by atoms with van der Waals surface area (Å²) in [5.74, 6) is 5.73. The van der Waals surface area contributed by atoms with E-state index in [1.807, 2.05) is 4.90 Å². The fourth-order valence-corrected chi connectivity index (χ4v) is 1.56. The van der Waals surface area contributed by atoms with Gasteiger partial charge in [-0.2, -0.15) is 0 Å². The van der Waals surface area contributed by atoms with Gasteiger partial charge in [-0.25, -0.2) is 0 Å². The van der Waals surface area contributed by atoms with Gasteiger partial charge >= 0.3 is 0 Å². The minimum Gasteiger partial charge on any atom is -0.332 e. The maximum Gasteiger partial charge on any atom is 0.298 e. The third-order valence-electron chi connectivity index (χ3n) is 2.47. The van der Waals surface area contributed by atoms with Crippen molar-refractivity contribution in [2.75, 3.05) is 19.6 Å². The fraction of sp³-hybridized carbons (Fsp3) is 0.700. The summed E-state index contributed by atoms with van der Waals surface area (Å²) in [6, 6.07) is 0. The SMILES string of the molecule is CC#CC(=O)N1CCC(CN)CC1. The lowest BCUT2D eigenvalue weighted by atomic mass is 9.97. The van der Waals surface area contributed by atoms with Crippen LogP contribution in [0.4, 0.5) is 0 Å². The molecule has 1 heterocycles. The highest BCUT2D eigenvalue weighted by Gasteiger charge is 2.20. The minimum absolute atomic E-state index is 0.0435. The van der Waals surface area contributed by atoms with Gasteiger partial charge < -0.3 is 10.6 Å². The summed E-state index contributed by atoms with van der Waals surface area (Å²) in [5, 5.41) is 0. The zero-order chi connectivity index (χ0) is 9.68. The molecule has 1 rings (SSSR count). The van der Waals surface area contributed by atoms with Crippen molar-refractivity contribution in [1.29, 1.82) is 0 Å². The van der Waals surface area contributed by atoms with Crippen molar-refractivity contribution in [3.63, 3.8) is 0 Å². The van der Waals surface area contributed by atoms with Crippen LogP contribution < -0.4 is 5.73 Å². The summed E-state index contributed by atoms with van der Waals surface area (Å²) in [7, 11) is 0. The minimum atomic E-state index is -0.0435. The smallest absolute Gasteiger partial charge is 0.298 e. The van der Waals surface area contributed by atoms with Crippen LogP contribution in [0.15, 0.2) is 0 Å². The molecule has 0 aromatic rings. The van der Waals surface area contributed by atoms with E-state index in [9.17, 15) is 4.79 Å². The van der Waals surface area contributed by atoms with Gasteiger partial charge in [-0.3, -0.25) is 4.79 Å². The van der Waals surface area contributed by atoms with E-state index in [1.54, 1.807) is 6.92 Å². The first-order valence-electron chi connectivity index (χ1n) is 4.69. The zero-order valence-electron chi connectivity index (χ0n) is 8.05. The number of carbonyl (C=O) groups excluding carboxylic acids is 1. The molecule has 1 amide bonds. The summed E-state index contributed by atoms with van der Waals surface area (Å²) < 4.78 is 0. The lowest BCUT2D eigenvalue weighted by Gasteiger charge is -2.29. The Hall–Kier alpha value is -1.01. The Morgan fingerprint density at radius 3 is 2.62 bits per heavy atom. The summed E-state index contributed by atoms with van der Waals surface area (Å²) in [6.45, 7) is 4.05. The monoisotopic (exact) mass is 180 g/mol. The molecule has 13 heavy (non-hydrogen) atoms. The maximum absolute atomic E-state index is 11.3. The number of nitrogens with zero attached hydrogens (tertiary/aromatic N) is 1. The van der Waals surface area contributed by atoms with Gasteiger partial charge in [-0.05, 0) is 38.1 Å². The number of likely N-dealkylation sites (tertiary alicyclic amines) is 1. The van der Waals surface area contributed by atoms with E-state index in [2.05, 4.69) is 11.8 Å². The number of piperidine rings is 1. The Morgan fingerprint density at radius 1 is 1.54 bits per heavy atom. The van der Waals surface area contributed by atoms with Crippen LogP contribution in [0.3, 0.4) is 0 Å². The van der Waals surface area contributed by atoms with Crippen molar-refractivity contribution in [2.24, 2.45) is 11.7 Å². The topological polar surface area (TPSA) is 46.3 Å². The molecule has 1 saturated heterocycles. The van der Waals surface area contributed by atoms with E-state index in [-0.39, 0.29) is 5.91 Å². The largest absolute Gasteiger partial charge is 0.332 e. The average molecular weight is 180 g/mol. The summed E-state index contributed by atoms with van der Waals surface area (Å²) in [5.41, 5.74) is 5.55. The van der Waals surface area contributed by atoms with Crippen molar-refractivity contribution in [3.05, 3.63) is 0 Å². The van der Waals surface area contributed by atoms with E-state index in [1.165, 1.54) is 0 Å². The van der Waals surface area contributed by atoms with Gasteiger partial charge in [0, 0.05) is 13.1 Å². The van der Waals surface area contributed by atoms with Crippen LogP contribution in [0.25, 0.3) is 0 Å². The van der Waals surface area contributed by atoms with Crippen molar-refractivity contribution >= 4 is 5.91 Å². The average Bonchev–Trinajstić information content (AvgIpc) is 2.18. The third-order valence-corrected chi connectivity index (χ3v) is 2.47. The Morgan fingerprint density at radius 2 is 2.15 bits per heavy atom. The van der Waals surface area contributed by atoms with Gasteiger partial charge in [0.25, 0.3) is 5.91 Å². The van der Waals surface area contributed by atoms with E-state index >= 15 is 0 Å². The van der Waals surface area contributed by atoms with Gasteiger partial charge in [-0.15, -0.1) is 0 Å². The van der Waals surface area contributed by atoms with E-state index < -0.39 is 0 Å². The molecule has 0 unspecified atom stereocenters. The molecule has 0 radical (unpaired) electrons. The molecule has 1 fully saturated rings. The Labute approximate surface area is 79.3 Å². The van der Waals surface area contributed by atoms with Crippen molar-refractivity contribution < 1.29 is 4.79 Å². The Bertz CT molecular complexity index is 231. The first-order chi connectivity index (χ1) is 6.27. The number of nitrogens with two attached hydrogens (primary N) is 1. The molecular weight excluding hydrogens is 164 g/mol. The second-order valence-corrected chi connectivity index (χ2v) is 3.35. The fourth-order valence-electron chi connectivity index (χ4n) is 1.56. The Balaban J connectivity index is 2.39. The highest BCUT2D eigenvalue weighted by Crippen LogP contribution is 2.15. The molecule has 0 aromatic carbocycles. The maximum atomic E-state index is 11.3. The highest BCUT2D eigenvalue weighted by atomic mass is 16.2. The molecule has 0 aliphatic carbocycles. The molecule has 0 spiro atoms. The van der Waals surface area contributed by atoms with Crippen LogP contribution in [0.1, 0.15) is 19.8 Å². The van der Waals surface area contributed by atoms with E-state index in [0.29, 0.717) is 5.92 Å². The van der Waals surface area contributed by atoms with E-state index in [0.717, 1.165) is 32.5 Å². The van der Waals surface area contributed by atoms with Crippen LogP contribution in [-0.4, -0.2) is 30.4 Å². The quantitative estimate of drug-likeness (QED) is 0.586. The van der Waals surface area contributed by atoms with Gasteiger partial charge in [0.15, 0.2) is 0 Å². The standard InChI is InChI=1S/C10H16N2O/c1-2-3-10(13)12-6-4-9(8-11)5-7-12/h9H,4-8,11H2,1H3. The molecule has 3 nitrogen and oxygen atoms in total. The molecule has 0 atom stereocenters. The number of hydrogen-bond donors (Lipinski definition) is 1. The molecule has 0 bridgehead atoms. The normalized spacial score (nSPS) is 17.8. The summed E-state index contributed by atoms with van der Waals surface area (Å²) in [6.07, 6.45) is 2.04. The molecule has 1 aliphatic rings. The Kier molecular flexibility index (Phi) is 3.78. The van der Waals surface area contributed by atoms with Crippen LogP contribution in [-0.2, 0) is 4.79 Å². The van der Waals surface area contributed by atoms with Crippen molar-refractivity contribution in [2.45, 2.75) is 19.8 Å². The zero-order valence-corrected chi connectivity index (χ0v) is 8.05. The molecule has 0 aromatic heterocycles. The second kappa shape index (κ2) is 4.88. The van der Waals surface area contributed by atoms with Crippen molar-refractivity contribution in [3.8, 4) is 11.8 Å². The van der Waals surface area contributed by atoms with Crippen LogP contribution >= 0.6 is 0 Å². The van der Waals surface area contributed by atoms with Crippen LogP contribution in [0, 0.1) is 17.8 Å². The summed E-state index contributed by atoms with van der Waals surface area (Å²) in [4.78, 5) is 13.1. The summed E-state index contributed by atoms with van der Waals surface area (Å²) >= 11 is 0. The molecule has 72 valence electrons. The first kappa shape index (κ1) is 10.1. The lowest BCUT2D eigenvalue weighted by Crippen LogP contribution is -2.39. The number of amides is 1. The van der Waals surface area contributed by atoms with Gasteiger partial charge in [0.2, 0.25) is 0 Å². The predicted octanol–water partition coefficient (Wildman–Crippen LogP) is 0.207. The van der Waals surface area contributed by atoms with Crippen LogP contribution in [0.5, 0.6) is 0 Å². The molecule has 3 heteroatoms. The van der Waals surface area contributed by atoms with E-state index in [4.69, 9.17) is 5.73 Å². The van der Waals surface area contributed by atoms with Gasteiger partial charge in [0.05, 0.1) is 0 Å².